The Morgan fingerprint density at radius 2 is 2.00 bits per heavy atom. The summed E-state index contributed by atoms with van der Waals surface area (Å²) in [6, 6.07) is 0. The third kappa shape index (κ3) is 3.92. The summed E-state index contributed by atoms with van der Waals surface area (Å²) in [6.45, 7) is 4.00. The molecule has 3 nitrogen and oxygen atoms in total. The van der Waals surface area contributed by atoms with Gasteiger partial charge in [0, 0.05) is 20.6 Å². The molecule has 0 N–H and O–H groups in total. The van der Waals surface area contributed by atoms with Gasteiger partial charge in [-0.05, 0) is 39.0 Å². The first-order valence-electron chi connectivity index (χ1n) is 5.61. The second-order valence-electron chi connectivity index (χ2n) is 4.92. The van der Waals surface area contributed by atoms with Gasteiger partial charge in [0.15, 0.2) is 5.78 Å². The van der Waals surface area contributed by atoms with Crippen LogP contribution >= 0.6 is 0 Å². The Bertz CT molecular complexity index is 219. The second-order valence-corrected chi connectivity index (χ2v) is 4.92. The lowest BCUT2D eigenvalue weighted by atomic mass is 9.97. The number of carbonyl (C=O) groups excluding carboxylic acids is 1. The molecule has 1 aliphatic carbocycles. The molecule has 1 atom stereocenters. The van der Waals surface area contributed by atoms with Crippen molar-refractivity contribution in [3.05, 3.63) is 0 Å². The van der Waals surface area contributed by atoms with E-state index in [-0.39, 0.29) is 17.5 Å². The lowest BCUT2D eigenvalue weighted by molar-refractivity contribution is -0.131. The van der Waals surface area contributed by atoms with Crippen molar-refractivity contribution < 1.29 is 14.3 Å². The van der Waals surface area contributed by atoms with Gasteiger partial charge in [-0.15, -0.1) is 0 Å². The third-order valence-corrected chi connectivity index (χ3v) is 3.15. The van der Waals surface area contributed by atoms with Crippen LogP contribution in [0.2, 0.25) is 0 Å². The summed E-state index contributed by atoms with van der Waals surface area (Å²) in [4.78, 5) is 11.8. The van der Waals surface area contributed by atoms with Crippen LogP contribution in [0, 0.1) is 5.92 Å². The van der Waals surface area contributed by atoms with Gasteiger partial charge in [0.25, 0.3) is 0 Å². The fourth-order valence-corrected chi connectivity index (χ4v) is 1.65. The molecule has 0 amide bonds. The first-order chi connectivity index (χ1) is 7.00. The van der Waals surface area contributed by atoms with Crippen LogP contribution in [0.15, 0.2) is 0 Å². The van der Waals surface area contributed by atoms with Crippen molar-refractivity contribution in [2.24, 2.45) is 5.92 Å². The number of Topliss-reactive ketones (excluding diaryl/α,β-unsaturated/α-hetero) is 1. The van der Waals surface area contributed by atoms with Crippen molar-refractivity contribution in [2.45, 2.75) is 51.2 Å². The molecule has 15 heavy (non-hydrogen) atoms. The smallest absolute Gasteiger partial charge is 0.161 e. The molecule has 0 bridgehead atoms. The van der Waals surface area contributed by atoms with Gasteiger partial charge in [0.2, 0.25) is 0 Å². The van der Waals surface area contributed by atoms with Crippen molar-refractivity contribution in [3.63, 3.8) is 0 Å². The summed E-state index contributed by atoms with van der Waals surface area (Å²) in [5.74, 6) is 0.707. The molecule has 1 rings (SSSR count). The first kappa shape index (κ1) is 12.7. The molecule has 0 aromatic heterocycles. The van der Waals surface area contributed by atoms with Crippen LogP contribution in [0.1, 0.15) is 39.5 Å². The minimum atomic E-state index is -0.211. The van der Waals surface area contributed by atoms with Crippen molar-refractivity contribution in [1.29, 1.82) is 0 Å². The van der Waals surface area contributed by atoms with E-state index >= 15 is 0 Å². The maximum absolute atomic E-state index is 11.8. The van der Waals surface area contributed by atoms with E-state index in [4.69, 9.17) is 9.47 Å². The molecule has 3 heteroatoms. The second kappa shape index (κ2) is 5.08. The summed E-state index contributed by atoms with van der Waals surface area (Å²) in [5, 5.41) is 0. The number of carbonyl (C=O) groups is 1. The minimum absolute atomic E-state index is 0.169. The van der Waals surface area contributed by atoms with Crippen LogP contribution in [-0.2, 0) is 14.3 Å². The summed E-state index contributed by atoms with van der Waals surface area (Å²) in [6.07, 6.45) is 3.42. The van der Waals surface area contributed by atoms with Gasteiger partial charge in [-0.3, -0.25) is 4.79 Å². The first-order valence-corrected chi connectivity index (χ1v) is 5.61. The lowest BCUT2D eigenvalue weighted by Gasteiger charge is -2.23. The molecule has 1 saturated carbocycles. The molecule has 0 aromatic rings. The van der Waals surface area contributed by atoms with Crippen LogP contribution in [0.5, 0.6) is 0 Å². The third-order valence-electron chi connectivity index (χ3n) is 3.15. The molecule has 1 unspecified atom stereocenters. The SMILES string of the molecule is COC(C(=O)CCC(C)(C)OC)C1CC1. The van der Waals surface area contributed by atoms with E-state index in [0.29, 0.717) is 12.3 Å². The molecule has 1 fully saturated rings. The Hall–Kier alpha value is -0.410. The Balaban J connectivity index is 2.34. The maximum atomic E-state index is 11.8. The van der Waals surface area contributed by atoms with E-state index < -0.39 is 0 Å². The minimum Gasteiger partial charge on any atom is -0.379 e. The summed E-state index contributed by atoms with van der Waals surface area (Å²) >= 11 is 0. The number of hydrogen-bond acceptors (Lipinski definition) is 3. The summed E-state index contributed by atoms with van der Waals surface area (Å²) < 4.78 is 10.5. The van der Waals surface area contributed by atoms with E-state index in [1.807, 2.05) is 13.8 Å². The van der Waals surface area contributed by atoms with Gasteiger partial charge in [-0.2, -0.15) is 0 Å². The Labute approximate surface area is 92.1 Å². The molecule has 0 aliphatic heterocycles. The number of hydrogen-bond donors (Lipinski definition) is 0. The van der Waals surface area contributed by atoms with Gasteiger partial charge in [0.1, 0.15) is 6.10 Å². The van der Waals surface area contributed by atoms with Crippen LogP contribution in [0.3, 0.4) is 0 Å². The molecular formula is C12H22O3. The normalized spacial score (nSPS) is 18.9. The van der Waals surface area contributed by atoms with Crippen molar-refractivity contribution in [2.75, 3.05) is 14.2 Å². The maximum Gasteiger partial charge on any atom is 0.161 e. The fraction of sp³-hybridized carbons (Fsp3) is 0.917. The highest BCUT2D eigenvalue weighted by Gasteiger charge is 2.36. The number of ether oxygens (including phenoxy) is 2. The number of ketones is 1. The van der Waals surface area contributed by atoms with Crippen molar-refractivity contribution >= 4 is 5.78 Å². The van der Waals surface area contributed by atoms with Gasteiger partial charge >= 0.3 is 0 Å². The summed E-state index contributed by atoms with van der Waals surface area (Å²) in [7, 11) is 3.31. The van der Waals surface area contributed by atoms with E-state index in [0.717, 1.165) is 19.3 Å². The van der Waals surface area contributed by atoms with Gasteiger partial charge in [-0.25, -0.2) is 0 Å². The predicted octanol–water partition coefficient (Wildman–Crippen LogP) is 2.19. The van der Waals surface area contributed by atoms with E-state index in [9.17, 15) is 4.79 Å². The highest BCUT2D eigenvalue weighted by Crippen LogP contribution is 2.35. The quantitative estimate of drug-likeness (QED) is 0.651. The zero-order valence-corrected chi connectivity index (χ0v) is 10.2. The molecule has 0 radical (unpaired) electrons. The van der Waals surface area contributed by atoms with Crippen LogP contribution in [0.25, 0.3) is 0 Å². The highest BCUT2D eigenvalue weighted by atomic mass is 16.5. The average Bonchev–Trinajstić information content (AvgIpc) is 3.00. The monoisotopic (exact) mass is 214 g/mol. The zero-order valence-electron chi connectivity index (χ0n) is 10.2. The average molecular weight is 214 g/mol. The molecule has 0 heterocycles. The standard InChI is InChI=1S/C12H22O3/c1-12(2,15-4)8-7-10(13)11(14-3)9-5-6-9/h9,11H,5-8H2,1-4H3. The van der Waals surface area contributed by atoms with Crippen LogP contribution in [0.4, 0.5) is 0 Å². The zero-order chi connectivity index (χ0) is 11.5. The molecular weight excluding hydrogens is 192 g/mol. The van der Waals surface area contributed by atoms with Crippen LogP contribution < -0.4 is 0 Å². The highest BCUT2D eigenvalue weighted by molar-refractivity contribution is 5.83. The summed E-state index contributed by atoms with van der Waals surface area (Å²) in [5.41, 5.74) is -0.211. The Kier molecular flexibility index (Phi) is 4.29. The van der Waals surface area contributed by atoms with E-state index in [2.05, 4.69) is 0 Å². The Morgan fingerprint density at radius 3 is 2.40 bits per heavy atom. The largest absolute Gasteiger partial charge is 0.379 e. The van der Waals surface area contributed by atoms with E-state index in [1.165, 1.54) is 0 Å². The molecule has 0 saturated heterocycles. The molecule has 0 spiro atoms. The molecule has 0 aromatic carbocycles. The van der Waals surface area contributed by atoms with Crippen molar-refractivity contribution in [1.82, 2.24) is 0 Å². The fourth-order valence-electron chi connectivity index (χ4n) is 1.65. The van der Waals surface area contributed by atoms with Crippen molar-refractivity contribution in [3.8, 4) is 0 Å². The topological polar surface area (TPSA) is 35.5 Å². The van der Waals surface area contributed by atoms with Gasteiger partial charge in [0.05, 0.1) is 5.60 Å². The van der Waals surface area contributed by atoms with Gasteiger partial charge < -0.3 is 9.47 Å². The Morgan fingerprint density at radius 1 is 1.40 bits per heavy atom. The van der Waals surface area contributed by atoms with Crippen LogP contribution in [-0.4, -0.2) is 31.7 Å². The molecule has 1 aliphatic rings. The molecule has 88 valence electrons. The number of rotatable bonds is 7. The van der Waals surface area contributed by atoms with Gasteiger partial charge in [-0.1, -0.05) is 0 Å². The number of methoxy groups -OCH3 is 2. The predicted molar refractivity (Wildman–Crippen MR) is 58.9 cm³/mol. The van der Waals surface area contributed by atoms with E-state index in [1.54, 1.807) is 14.2 Å². The lowest BCUT2D eigenvalue weighted by Crippen LogP contribution is -2.29.